The van der Waals surface area contributed by atoms with Crippen LogP contribution in [0.5, 0.6) is 0 Å². The lowest BCUT2D eigenvalue weighted by Gasteiger charge is -2.20. The second kappa shape index (κ2) is 7.85. The predicted molar refractivity (Wildman–Crippen MR) is 74.1 cm³/mol. The zero-order valence-electron chi connectivity index (χ0n) is 12.6. The van der Waals surface area contributed by atoms with Crippen molar-refractivity contribution in [1.82, 2.24) is 0 Å². The minimum Gasteiger partial charge on any atom is -0.489 e. The maximum atomic E-state index is 12.3. The normalized spacial score (nSPS) is 16.0. The van der Waals surface area contributed by atoms with E-state index in [1.54, 1.807) is 6.92 Å². The number of Topliss-reactive ketones (excluding diaryl/α,β-unsaturated/α-hetero) is 2. The molecule has 0 saturated heterocycles. The van der Waals surface area contributed by atoms with Crippen molar-refractivity contribution >= 4 is 11.6 Å². The van der Waals surface area contributed by atoms with Crippen LogP contribution in [-0.4, -0.2) is 39.0 Å². The van der Waals surface area contributed by atoms with Crippen molar-refractivity contribution in [3.05, 3.63) is 22.7 Å². The molecule has 0 fully saturated rings. The largest absolute Gasteiger partial charge is 0.489 e. The van der Waals surface area contributed by atoms with Crippen LogP contribution in [0.15, 0.2) is 22.7 Å². The van der Waals surface area contributed by atoms with Crippen molar-refractivity contribution in [3.8, 4) is 0 Å². The van der Waals surface area contributed by atoms with Gasteiger partial charge in [0.1, 0.15) is 0 Å². The van der Waals surface area contributed by atoms with Gasteiger partial charge < -0.3 is 14.2 Å². The summed E-state index contributed by atoms with van der Waals surface area (Å²) in [5.74, 6) is -0.570. The molecule has 0 atom stereocenters. The molecule has 1 aliphatic rings. The quantitative estimate of drug-likeness (QED) is 0.504. The number of hydrogen-bond donors (Lipinski definition) is 0. The summed E-state index contributed by atoms with van der Waals surface area (Å²) in [5.41, 5.74) is 0.927. The first-order valence-corrected chi connectivity index (χ1v) is 6.77. The first-order chi connectivity index (χ1) is 9.58. The lowest BCUT2D eigenvalue weighted by molar-refractivity contribution is -0.121. The molecule has 0 aromatic heterocycles. The van der Waals surface area contributed by atoms with Gasteiger partial charge in [-0.1, -0.05) is 6.92 Å². The summed E-state index contributed by atoms with van der Waals surface area (Å²) in [5, 5.41) is 0. The van der Waals surface area contributed by atoms with E-state index in [0.29, 0.717) is 37.2 Å². The fraction of sp³-hybridized carbons (Fsp3) is 0.600. The fourth-order valence-corrected chi connectivity index (χ4v) is 2.09. The van der Waals surface area contributed by atoms with Crippen LogP contribution in [0.4, 0.5) is 0 Å². The van der Waals surface area contributed by atoms with Crippen LogP contribution in [0, 0.1) is 0 Å². The summed E-state index contributed by atoms with van der Waals surface area (Å²) in [7, 11) is 2.72. The van der Waals surface area contributed by atoms with E-state index in [4.69, 9.17) is 14.2 Å². The third-order valence-electron chi connectivity index (χ3n) is 3.16. The molecule has 112 valence electrons. The van der Waals surface area contributed by atoms with Crippen molar-refractivity contribution in [1.29, 1.82) is 0 Å². The van der Waals surface area contributed by atoms with Gasteiger partial charge >= 0.3 is 0 Å². The van der Waals surface area contributed by atoms with Gasteiger partial charge in [-0.15, -0.1) is 0 Å². The highest BCUT2D eigenvalue weighted by Gasteiger charge is 2.34. The molecule has 5 nitrogen and oxygen atoms in total. The van der Waals surface area contributed by atoms with Crippen molar-refractivity contribution in [2.75, 3.05) is 27.4 Å². The fourth-order valence-electron chi connectivity index (χ4n) is 2.09. The molecule has 0 aliphatic heterocycles. The summed E-state index contributed by atoms with van der Waals surface area (Å²) in [6.07, 6.45) is 2.17. The third kappa shape index (κ3) is 3.48. The standard InChI is InChI=1S/C15H22O5/c1-5-8-20-9-6-7-11-10(2)12(16)14(18-3)15(19-4)13(11)17/h5-9H2,1-4H3. The Balaban J connectivity index is 2.78. The molecule has 0 aromatic carbocycles. The zero-order valence-corrected chi connectivity index (χ0v) is 12.6. The van der Waals surface area contributed by atoms with Crippen LogP contribution in [-0.2, 0) is 23.8 Å². The molecule has 1 aliphatic carbocycles. The number of methoxy groups -OCH3 is 2. The Morgan fingerprint density at radius 2 is 1.55 bits per heavy atom. The van der Waals surface area contributed by atoms with Gasteiger partial charge in [0.15, 0.2) is 0 Å². The Kier molecular flexibility index (Phi) is 6.45. The monoisotopic (exact) mass is 282 g/mol. The molecule has 0 spiro atoms. The lowest BCUT2D eigenvalue weighted by Crippen LogP contribution is -2.25. The van der Waals surface area contributed by atoms with Gasteiger partial charge in [-0.2, -0.15) is 0 Å². The molecule has 5 heteroatoms. The average Bonchev–Trinajstić information content (AvgIpc) is 2.45. The number of hydrogen-bond acceptors (Lipinski definition) is 5. The summed E-state index contributed by atoms with van der Waals surface area (Å²) < 4.78 is 15.4. The molecular weight excluding hydrogens is 260 g/mol. The number of ether oxygens (including phenoxy) is 3. The minimum absolute atomic E-state index is 0.00687. The van der Waals surface area contributed by atoms with E-state index < -0.39 is 0 Å². The highest BCUT2D eigenvalue weighted by atomic mass is 16.5. The second-order valence-electron chi connectivity index (χ2n) is 4.54. The van der Waals surface area contributed by atoms with Gasteiger partial charge in [-0.3, -0.25) is 9.59 Å². The zero-order chi connectivity index (χ0) is 15.1. The van der Waals surface area contributed by atoms with E-state index in [1.807, 2.05) is 6.92 Å². The molecule has 0 bridgehead atoms. The van der Waals surface area contributed by atoms with Gasteiger partial charge in [0.05, 0.1) is 14.2 Å². The number of carbonyl (C=O) groups is 2. The second-order valence-corrected chi connectivity index (χ2v) is 4.54. The summed E-state index contributed by atoms with van der Waals surface area (Å²) in [6, 6.07) is 0. The maximum absolute atomic E-state index is 12.3. The molecule has 0 amide bonds. The summed E-state index contributed by atoms with van der Waals surface area (Å²) >= 11 is 0. The Morgan fingerprint density at radius 1 is 0.950 bits per heavy atom. The number of rotatable bonds is 8. The number of ketones is 2. The van der Waals surface area contributed by atoms with Crippen LogP contribution in [0.3, 0.4) is 0 Å². The van der Waals surface area contributed by atoms with Gasteiger partial charge in [-0.05, 0) is 26.2 Å². The highest BCUT2D eigenvalue weighted by molar-refractivity contribution is 6.23. The van der Waals surface area contributed by atoms with E-state index in [1.165, 1.54) is 14.2 Å². The molecule has 0 heterocycles. The molecule has 0 radical (unpaired) electrons. The van der Waals surface area contributed by atoms with Gasteiger partial charge in [-0.25, -0.2) is 0 Å². The van der Waals surface area contributed by atoms with Crippen LogP contribution >= 0.6 is 0 Å². The van der Waals surface area contributed by atoms with Crippen molar-refractivity contribution in [3.63, 3.8) is 0 Å². The van der Waals surface area contributed by atoms with Crippen LogP contribution in [0.2, 0.25) is 0 Å². The van der Waals surface area contributed by atoms with Gasteiger partial charge in [0, 0.05) is 24.4 Å². The van der Waals surface area contributed by atoms with Crippen LogP contribution < -0.4 is 0 Å². The third-order valence-corrected chi connectivity index (χ3v) is 3.16. The predicted octanol–water partition coefficient (Wildman–Crippen LogP) is 2.17. The Bertz CT molecular complexity index is 445. The summed E-state index contributed by atoms with van der Waals surface area (Å²) in [4.78, 5) is 24.4. The number of allylic oxidation sites excluding steroid dienone is 2. The van der Waals surface area contributed by atoms with Crippen molar-refractivity contribution in [2.45, 2.75) is 33.1 Å². The Labute approximate surface area is 119 Å². The smallest absolute Gasteiger partial charge is 0.228 e. The molecule has 0 unspecified atom stereocenters. The molecule has 0 saturated carbocycles. The van der Waals surface area contributed by atoms with E-state index in [9.17, 15) is 9.59 Å². The SMILES string of the molecule is CCCOCCCC1=C(C)C(=O)C(OC)=C(OC)C1=O. The van der Waals surface area contributed by atoms with Crippen LogP contribution in [0.1, 0.15) is 33.1 Å². The van der Waals surface area contributed by atoms with E-state index in [-0.39, 0.29) is 23.1 Å². The van der Waals surface area contributed by atoms with E-state index in [0.717, 1.165) is 6.42 Å². The molecular formula is C15H22O5. The Hall–Kier alpha value is -1.62. The highest BCUT2D eigenvalue weighted by Crippen LogP contribution is 2.28. The Morgan fingerprint density at radius 3 is 2.10 bits per heavy atom. The lowest BCUT2D eigenvalue weighted by atomic mass is 9.90. The summed E-state index contributed by atoms with van der Waals surface area (Å²) in [6.45, 7) is 4.98. The molecule has 1 rings (SSSR count). The first kappa shape index (κ1) is 16.4. The minimum atomic E-state index is -0.284. The average molecular weight is 282 g/mol. The van der Waals surface area contributed by atoms with Gasteiger partial charge in [0.25, 0.3) is 0 Å². The van der Waals surface area contributed by atoms with E-state index in [2.05, 4.69) is 0 Å². The van der Waals surface area contributed by atoms with Crippen LogP contribution in [0.25, 0.3) is 0 Å². The van der Waals surface area contributed by atoms with Crippen molar-refractivity contribution in [2.24, 2.45) is 0 Å². The topological polar surface area (TPSA) is 61.8 Å². The molecule has 0 N–H and O–H groups in total. The maximum Gasteiger partial charge on any atom is 0.228 e. The first-order valence-electron chi connectivity index (χ1n) is 6.77. The van der Waals surface area contributed by atoms with Gasteiger partial charge in [0.2, 0.25) is 23.1 Å². The van der Waals surface area contributed by atoms with E-state index >= 15 is 0 Å². The molecule has 0 aromatic rings. The molecule has 20 heavy (non-hydrogen) atoms. The number of carbonyl (C=O) groups excluding carboxylic acids is 2. The van der Waals surface area contributed by atoms with Crippen molar-refractivity contribution < 1.29 is 23.8 Å².